The number of aromatic nitrogens is 4. The van der Waals surface area contributed by atoms with Crippen LogP contribution < -0.4 is 4.74 Å². The molecule has 0 bridgehead atoms. The lowest BCUT2D eigenvalue weighted by molar-refractivity contribution is 0.293. The first kappa shape index (κ1) is 13.4. The Bertz CT molecular complexity index is 558. The Labute approximate surface area is 119 Å². The molecule has 0 spiro atoms. The quantitative estimate of drug-likeness (QED) is 0.815. The molecule has 5 nitrogen and oxygen atoms in total. The summed E-state index contributed by atoms with van der Waals surface area (Å²) in [6.45, 7) is 0.166. The number of rotatable bonds is 4. The predicted octanol–water partition coefficient (Wildman–Crippen LogP) is 2.83. The SMILES string of the molecule is Cn1nnc(COc2c(Cl)cc(Cl)cc2CCl)n1. The molecule has 2 rings (SSSR count). The van der Waals surface area contributed by atoms with Gasteiger partial charge in [-0.15, -0.1) is 21.8 Å². The lowest BCUT2D eigenvalue weighted by Crippen LogP contribution is -2.01. The van der Waals surface area contributed by atoms with Crippen molar-refractivity contribution in [2.75, 3.05) is 0 Å². The molecule has 0 aliphatic heterocycles. The highest BCUT2D eigenvalue weighted by atomic mass is 35.5. The molecule has 0 fully saturated rings. The van der Waals surface area contributed by atoms with Gasteiger partial charge in [-0.3, -0.25) is 0 Å². The number of halogens is 3. The molecule has 0 aliphatic carbocycles. The van der Waals surface area contributed by atoms with Crippen LogP contribution in [0.4, 0.5) is 0 Å². The Morgan fingerprint density at radius 1 is 1.33 bits per heavy atom. The third-order valence-electron chi connectivity index (χ3n) is 2.12. The first-order valence-electron chi connectivity index (χ1n) is 4.99. The average molecular weight is 308 g/mol. The number of hydrogen-bond acceptors (Lipinski definition) is 4. The molecule has 1 heterocycles. The van der Waals surface area contributed by atoms with Crippen LogP contribution in [-0.4, -0.2) is 20.2 Å². The van der Waals surface area contributed by atoms with Crippen LogP contribution in [0.1, 0.15) is 11.4 Å². The van der Waals surface area contributed by atoms with Gasteiger partial charge in [0.1, 0.15) is 5.75 Å². The Kier molecular flexibility index (Phi) is 4.27. The molecule has 0 saturated carbocycles. The van der Waals surface area contributed by atoms with Crippen molar-refractivity contribution in [3.63, 3.8) is 0 Å². The van der Waals surface area contributed by atoms with Crippen LogP contribution in [0.5, 0.6) is 5.75 Å². The van der Waals surface area contributed by atoms with E-state index in [1.165, 1.54) is 4.80 Å². The van der Waals surface area contributed by atoms with Crippen LogP contribution in [0.2, 0.25) is 10.0 Å². The molecule has 0 saturated heterocycles. The van der Waals surface area contributed by atoms with E-state index in [9.17, 15) is 0 Å². The summed E-state index contributed by atoms with van der Waals surface area (Å²) in [6.07, 6.45) is 0. The van der Waals surface area contributed by atoms with E-state index in [0.29, 0.717) is 21.6 Å². The Morgan fingerprint density at radius 2 is 2.11 bits per heavy atom. The van der Waals surface area contributed by atoms with Gasteiger partial charge in [-0.25, -0.2) is 0 Å². The molecule has 18 heavy (non-hydrogen) atoms. The number of hydrogen-bond donors (Lipinski definition) is 0. The lowest BCUT2D eigenvalue weighted by Gasteiger charge is -2.10. The summed E-state index contributed by atoms with van der Waals surface area (Å²) >= 11 is 17.8. The van der Waals surface area contributed by atoms with E-state index in [4.69, 9.17) is 39.5 Å². The molecular formula is C10H9Cl3N4O. The monoisotopic (exact) mass is 306 g/mol. The minimum Gasteiger partial charge on any atom is -0.484 e. The number of benzene rings is 1. The van der Waals surface area contributed by atoms with Crippen LogP contribution in [0.3, 0.4) is 0 Å². The molecule has 0 N–H and O–H groups in total. The van der Waals surface area contributed by atoms with Crippen LogP contribution in [-0.2, 0) is 19.5 Å². The summed E-state index contributed by atoms with van der Waals surface area (Å²) in [4.78, 5) is 1.35. The largest absolute Gasteiger partial charge is 0.484 e. The molecule has 96 valence electrons. The van der Waals surface area contributed by atoms with Gasteiger partial charge in [0, 0.05) is 10.6 Å². The van der Waals surface area contributed by atoms with Crippen molar-refractivity contribution >= 4 is 34.8 Å². The molecular weight excluding hydrogens is 298 g/mol. The number of alkyl halides is 1. The maximum absolute atomic E-state index is 6.06. The van der Waals surface area contributed by atoms with Gasteiger partial charge in [-0.05, 0) is 17.3 Å². The van der Waals surface area contributed by atoms with Crippen molar-refractivity contribution in [3.8, 4) is 5.75 Å². The maximum Gasteiger partial charge on any atom is 0.212 e. The van der Waals surface area contributed by atoms with Gasteiger partial charge < -0.3 is 4.74 Å². The minimum absolute atomic E-state index is 0.166. The summed E-state index contributed by atoms with van der Waals surface area (Å²) in [5.41, 5.74) is 0.720. The zero-order valence-corrected chi connectivity index (χ0v) is 11.7. The molecule has 0 aliphatic rings. The first-order chi connectivity index (χ1) is 8.60. The normalized spacial score (nSPS) is 10.7. The number of tetrazole rings is 1. The first-order valence-corrected chi connectivity index (χ1v) is 6.28. The van der Waals surface area contributed by atoms with Crippen LogP contribution in [0, 0.1) is 0 Å². The van der Waals surface area contributed by atoms with Crippen molar-refractivity contribution in [3.05, 3.63) is 33.6 Å². The highest BCUT2D eigenvalue weighted by Crippen LogP contribution is 2.33. The van der Waals surface area contributed by atoms with E-state index >= 15 is 0 Å². The standard InChI is InChI=1S/C10H9Cl3N4O/c1-17-15-9(14-16-17)5-18-10-6(4-11)2-7(12)3-8(10)13/h2-3H,4-5H2,1H3. The van der Waals surface area contributed by atoms with E-state index in [-0.39, 0.29) is 12.5 Å². The summed E-state index contributed by atoms with van der Waals surface area (Å²) in [5, 5.41) is 12.4. The summed E-state index contributed by atoms with van der Waals surface area (Å²) in [7, 11) is 1.68. The fraction of sp³-hybridized carbons (Fsp3) is 0.300. The zero-order valence-electron chi connectivity index (χ0n) is 9.40. The third-order valence-corrected chi connectivity index (χ3v) is 2.91. The summed E-state index contributed by atoms with van der Waals surface area (Å²) < 4.78 is 5.56. The van der Waals surface area contributed by atoms with E-state index in [1.807, 2.05) is 0 Å². The maximum atomic E-state index is 6.06. The van der Waals surface area contributed by atoms with Gasteiger partial charge >= 0.3 is 0 Å². The van der Waals surface area contributed by atoms with Crippen molar-refractivity contribution < 1.29 is 4.74 Å². The van der Waals surface area contributed by atoms with E-state index < -0.39 is 0 Å². The summed E-state index contributed by atoms with van der Waals surface area (Å²) in [5.74, 6) is 1.20. The predicted molar refractivity (Wildman–Crippen MR) is 69.1 cm³/mol. The molecule has 0 unspecified atom stereocenters. The second kappa shape index (κ2) is 5.73. The number of ether oxygens (including phenoxy) is 1. The molecule has 0 atom stereocenters. The highest BCUT2D eigenvalue weighted by molar-refractivity contribution is 6.35. The Balaban J connectivity index is 2.18. The molecule has 1 aromatic heterocycles. The van der Waals surface area contributed by atoms with E-state index in [0.717, 1.165) is 5.56 Å². The van der Waals surface area contributed by atoms with Crippen molar-refractivity contribution in [2.24, 2.45) is 7.05 Å². The van der Waals surface area contributed by atoms with Crippen molar-refractivity contribution in [1.29, 1.82) is 0 Å². The third kappa shape index (κ3) is 3.04. The smallest absolute Gasteiger partial charge is 0.212 e. The van der Waals surface area contributed by atoms with Gasteiger partial charge in [0.05, 0.1) is 18.0 Å². The van der Waals surface area contributed by atoms with Gasteiger partial charge in [0.15, 0.2) is 6.61 Å². The fourth-order valence-corrected chi connectivity index (χ4v) is 2.18. The average Bonchev–Trinajstić information content (AvgIpc) is 2.73. The highest BCUT2D eigenvalue weighted by Gasteiger charge is 2.11. The number of nitrogens with zero attached hydrogens (tertiary/aromatic N) is 4. The van der Waals surface area contributed by atoms with Crippen molar-refractivity contribution in [1.82, 2.24) is 20.2 Å². The minimum atomic E-state index is 0.166. The van der Waals surface area contributed by atoms with Gasteiger partial charge in [-0.2, -0.15) is 4.80 Å². The van der Waals surface area contributed by atoms with Gasteiger partial charge in [0.25, 0.3) is 0 Å². The van der Waals surface area contributed by atoms with Crippen LogP contribution in [0.25, 0.3) is 0 Å². The molecule has 0 radical (unpaired) electrons. The van der Waals surface area contributed by atoms with Gasteiger partial charge in [0.2, 0.25) is 5.82 Å². The molecule has 8 heteroatoms. The fourth-order valence-electron chi connectivity index (χ4n) is 1.39. The Morgan fingerprint density at radius 3 is 2.72 bits per heavy atom. The van der Waals surface area contributed by atoms with Gasteiger partial charge in [-0.1, -0.05) is 23.2 Å². The molecule has 0 amide bonds. The molecule has 2 aromatic rings. The second-order valence-electron chi connectivity index (χ2n) is 3.49. The Hall–Kier alpha value is -1.04. The number of aryl methyl sites for hydroxylation is 1. The molecule has 1 aromatic carbocycles. The van der Waals surface area contributed by atoms with Crippen molar-refractivity contribution in [2.45, 2.75) is 12.5 Å². The zero-order chi connectivity index (χ0) is 13.1. The second-order valence-corrected chi connectivity index (χ2v) is 4.60. The van der Waals surface area contributed by atoms with Crippen LogP contribution >= 0.6 is 34.8 Å². The van der Waals surface area contributed by atoms with E-state index in [1.54, 1.807) is 19.2 Å². The van der Waals surface area contributed by atoms with E-state index in [2.05, 4.69) is 15.4 Å². The van der Waals surface area contributed by atoms with Crippen LogP contribution in [0.15, 0.2) is 12.1 Å². The lowest BCUT2D eigenvalue weighted by atomic mass is 10.2. The summed E-state index contributed by atoms with van der Waals surface area (Å²) in [6, 6.07) is 3.30. The topological polar surface area (TPSA) is 52.8 Å².